The summed E-state index contributed by atoms with van der Waals surface area (Å²) >= 11 is 0. The first-order valence-corrected chi connectivity index (χ1v) is 6.55. The monoisotopic (exact) mass is 220 g/mol. The van der Waals surface area contributed by atoms with E-state index in [1.54, 1.807) is 6.26 Å². The van der Waals surface area contributed by atoms with Crippen molar-refractivity contribution in [2.75, 3.05) is 12.0 Å². The van der Waals surface area contributed by atoms with Crippen LogP contribution in [0.4, 0.5) is 0 Å². The molecule has 0 aromatic carbocycles. The zero-order chi connectivity index (χ0) is 11.1. The van der Waals surface area contributed by atoms with Crippen molar-refractivity contribution in [3.05, 3.63) is 0 Å². The van der Waals surface area contributed by atoms with Crippen molar-refractivity contribution in [1.82, 2.24) is 5.32 Å². The van der Waals surface area contributed by atoms with Gasteiger partial charge in [-0.2, -0.15) is 0 Å². The van der Waals surface area contributed by atoms with E-state index in [4.69, 9.17) is 5.73 Å². The summed E-state index contributed by atoms with van der Waals surface area (Å²) < 4.78 is 10.8. The summed E-state index contributed by atoms with van der Waals surface area (Å²) in [6.07, 6.45) is 3.17. The zero-order valence-electron chi connectivity index (χ0n) is 9.08. The molecule has 0 aromatic heterocycles. The lowest BCUT2D eigenvalue weighted by Crippen LogP contribution is -2.45. The normalized spacial score (nSPS) is 17.4. The molecule has 0 saturated heterocycles. The van der Waals surface area contributed by atoms with Crippen molar-refractivity contribution in [3.8, 4) is 0 Å². The first-order chi connectivity index (χ1) is 6.47. The molecule has 0 aliphatic rings. The Morgan fingerprint density at radius 1 is 1.57 bits per heavy atom. The summed E-state index contributed by atoms with van der Waals surface area (Å²) in [6, 6.07) is -0.0911. The molecule has 0 fully saturated rings. The summed E-state index contributed by atoms with van der Waals surface area (Å²) in [7, 11) is -0.770. The van der Waals surface area contributed by atoms with Crippen molar-refractivity contribution < 1.29 is 9.00 Å². The van der Waals surface area contributed by atoms with Gasteiger partial charge in [-0.3, -0.25) is 9.00 Å². The van der Waals surface area contributed by atoms with Crippen LogP contribution in [0.15, 0.2) is 0 Å². The standard InChI is InChI=1S/C9H20N2O2S/c1-4-8(9(10)12)11-7(2)5-6-14(3)13/h7-8,11H,4-6H2,1-3H3,(H2,10,12). The van der Waals surface area contributed by atoms with E-state index in [-0.39, 0.29) is 18.0 Å². The van der Waals surface area contributed by atoms with Gasteiger partial charge in [0.05, 0.1) is 6.04 Å². The quantitative estimate of drug-likeness (QED) is 0.634. The lowest BCUT2D eigenvalue weighted by Gasteiger charge is -2.19. The van der Waals surface area contributed by atoms with Gasteiger partial charge in [-0.15, -0.1) is 0 Å². The number of rotatable bonds is 7. The third-order valence-electron chi connectivity index (χ3n) is 2.08. The highest BCUT2D eigenvalue weighted by Gasteiger charge is 2.15. The van der Waals surface area contributed by atoms with E-state index in [2.05, 4.69) is 5.32 Å². The highest BCUT2D eigenvalue weighted by molar-refractivity contribution is 7.84. The molecule has 0 aliphatic heterocycles. The number of carbonyl (C=O) groups is 1. The Bertz CT molecular complexity index is 209. The summed E-state index contributed by atoms with van der Waals surface area (Å²) in [4.78, 5) is 10.9. The predicted octanol–water partition coefficient (Wildman–Crippen LogP) is -0.00300. The molecule has 1 amide bonds. The van der Waals surface area contributed by atoms with E-state index in [0.717, 1.165) is 6.42 Å². The van der Waals surface area contributed by atoms with Gasteiger partial charge in [0.25, 0.3) is 0 Å². The Morgan fingerprint density at radius 3 is 2.50 bits per heavy atom. The van der Waals surface area contributed by atoms with Crippen LogP contribution in [0.25, 0.3) is 0 Å². The topological polar surface area (TPSA) is 72.2 Å². The molecule has 84 valence electrons. The molecule has 0 aliphatic carbocycles. The third kappa shape index (κ3) is 6.10. The summed E-state index contributed by atoms with van der Waals surface area (Å²) in [5.74, 6) is 0.334. The average molecular weight is 220 g/mol. The summed E-state index contributed by atoms with van der Waals surface area (Å²) in [5.41, 5.74) is 5.19. The van der Waals surface area contributed by atoms with Crippen LogP contribution < -0.4 is 11.1 Å². The molecule has 0 bridgehead atoms. The smallest absolute Gasteiger partial charge is 0.234 e. The van der Waals surface area contributed by atoms with Crippen LogP contribution in [-0.4, -0.2) is 34.2 Å². The number of amides is 1. The molecule has 4 nitrogen and oxygen atoms in total. The fraction of sp³-hybridized carbons (Fsp3) is 0.889. The highest BCUT2D eigenvalue weighted by Crippen LogP contribution is 1.97. The minimum atomic E-state index is -0.770. The number of primary amides is 1. The molecule has 3 N–H and O–H groups in total. The van der Waals surface area contributed by atoms with E-state index in [0.29, 0.717) is 12.2 Å². The third-order valence-corrected chi connectivity index (χ3v) is 2.89. The average Bonchev–Trinajstić information content (AvgIpc) is 2.10. The van der Waals surface area contributed by atoms with Crippen molar-refractivity contribution in [3.63, 3.8) is 0 Å². The molecule has 14 heavy (non-hydrogen) atoms. The predicted molar refractivity (Wildman–Crippen MR) is 59.4 cm³/mol. The van der Waals surface area contributed by atoms with Gasteiger partial charge in [0.15, 0.2) is 0 Å². The van der Waals surface area contributed by atoms with Crippen LogP contribution in [0.1, 0.15) is 26.7 Å². The summed E-state index contributed by atoms with van der Waals surface area (Å²) in [6.45, 7) is 3.88. The van der Waals surface area contributed by atoms with Crippen molar-refractivity contribution in [2.45, 2.75) is 38.8 Å². The van der Waals surface area contributed by atoms with Gasteiger partial charge in [0, 0.05) is 28.9 Å². The molecule has 0 rings (SSSR count). The minimum absolute atomic E-state index is 0.177. The Balaban J connectivity index is 3.84. The Kier molecular flexibility index (Phi) is 6.74. The minimum Gasteiger partial charge on any atom is -0.368 e. The Morgan fingerprint density at radius 2 is 2.14 bits per heavy atom. The van der Waals surface area contributed by atoms with E-state index >= 15 is 0 Å². The second kappa shape index (κ2) is 6.95. The second-order valence-electron chi connectivity index (χ2n) is 3.50. The van der Waals surface area contributed by atoms with Gasteiger partial charge in [0.2, 0.25) is 5.91 Å². The van der Waals surface area contributed by atoms with Crippen LogP contribution >= 0.6 is 0 Å². The van der Waals surface area contributed by atoms with Gasteiger partial charge in [-0.05, 0) is 19.8 Å². The molecule has 0 saturated carbocycles. The maximum absolute atomic E-state index is 10.9. The van der Waals surface area contributed by atoms with Gasteiger partial charge < -0.3 is 11.1 Å². The van der Waals surface area contributed by atoms with E-state index in [9.17, 15) is 9.00 Å². The number of nitrogens with two attached hydrogens (primary N) is 1. The van der Waals surface area contributed by atoms with Crippen LogP contribution in [0.2, 0.25) is 0 Å². The van der Waals surface area contributed by atoms with Crippen LogP contribution in [0, 0.1) is 0 Å². The molecule has 0 heterocycles. The highest BCUT2D eigenvalue weighted by atomic mass is 32.2. The van der Waals surface area contributed by atoms with Crippen molar-refractivity contribution in [1.29, 1.82) is 0 Å². The van der Waals surface area contributed by atoms with Crippen LogP contribution in [0.5, 0.6) is 0 Å². The fourth-order valence-electron chi connectivity index (χ4n) is 1.17. The van der Waals surface area contributed by atoms with Crippen molar-refractivity contribution >= 4 is 16.7 Å². The second-order valence-corrected chi connectivity index (χ2v) is 5.05. The molecule has 0 aromatic rings. The molecular formula is C9H20N2O2S. The molecule has 0 spiro atoms. The van der Waals surface area contributed by atoms with Gasteiger partial charge in [-0.1, -0.05) is 6.92 Å². The van der Waals surface area contributed by atoms with Crippen LogP contribution in [0.3, 0.4) is 0 Å². The first-order valence-electron chi connectivity index (χ1n) is 4.82. The van der Waals surface area contributed by atoms with Gasteiger partial charge in [0.1, 0.15) is 0 Å². The Labute approximate surface area is 88.1 Å². The molecular weight excluding hydrogens is 200 g/mol. The van der Waals surface area contributed by atoms with E-state index in [1.165, 1.54) is 0 Å². The number of hydrogen-bond donors (Lipinski definition) is 2. The Hall–Kier alpha value is -0.420. The number of carbonyl (C=O) groups excluding carboxylic acids is 1. The lowest BCUT2D eigenvalue weighted by molar-refractivity contribution is -0.120. The van der Waals surface area contributed by atoms with Crippen LogP contribution in [-0.2, 0) is 15.6 Å². The maximum Gasteiger partial charge on any atom is 0.234 e. The largest absolute Gasteiger partial charge is 0.368 e. The zero-order valence-corrected chi connectivity index (χ0v) is 9.89. The molecule has 0 radical (unpaired) electrons. The molecule has 5 heteroatoms. The number of nitrogens with one attached hydrogen (secondary N) is 1. The van der Waals surface area contributed by atoms with Crippen molar-refractivity contribution in [2.24, 2.45) is 5.73 Å². The maximum atomic E-state index is 10.9. The lowest BCUT2D eigenvalue weighted by atomic mass is 10.1. The fourth-order valence-corrected chi connectivity index (χ4v) is 1.86. The molecule has 3 unspecified atom stereocenters. The molecule has 3 atom stereocenters. The van der Waals surface area contributed by atoms with Gasteiger partial charge in [-0.25, -0.2) is 0 Å². The first kappa shape index (κ1) is 13.6. The van der Waals surface area contributed by atoms with E-state index in [1.807, 2.05) is 13.8 Å². The van der Waals surface area contributed by atoms with Gasteiger partial charge >= 0.3 is 0 Å². The SMILES string of the molecule is CCC(NC(C)CCS(C)=O)C(N)=O. The van der Waals surface area contributed by atoms with E-state index < -0.39 is 10.8 Å². The number of hydrogen-bond acceptors (Lipinski definition) is 3. The summed E-state index contributed by atoms with van der Waals surface area (Å²) in [5, 5.41) is 3.11.